The summed E-state index contributed by atoms with van der Waals surface area (Å²) in [6.07, 6.45) is -9.80. The summed E-state index contributed by atoms with van der Waals surface area (Å²) in [5.74, 6) is -2.45. The van der Waals surface area contributed by atoms with Gasteiger partial charge in [0.15, 0.2) is 0 Å². The molecule has 2 unspecified atom stereocenters. The Morgan fingerprint density at radius 2 is 1.10 bits per heavy atom. The molecule has 4 aliphatic carbocycles. The van der Waals surface area contributed by atoms with Gasteiger partial charge in [-0.2, -0.15) is 34.8 Å². The van der Waals surface area contributed by atoms with E-state index in [1.807, 2.05) is 0 Å². The smallest absolute Gasteiger partial charge is 0.430 e. The summed E-state index contributed by atoms with van der Waals surface area (Å²) in [4.78, 5) is 13.6. The van der Waals surface area contributed by atoms with Crippen molar-refractivity contribution in [3.8, 4) is 0 Å². The van der Waals surface area contributed by atoms with E-state index in [9.17, 15) is 13.2 Å². The van der Waals surface area contributed by atoms with Crippen LogP contribution in [-0.2, 0) is 23.3 Å². The molecule has 3 aromatic carbocycles. The maximum absolute atomic E-state index is 15.1. The van der Waals surface area contributed by atoms with Crippen LogP contribution in [0.3, 0.4) is 0 Å². The number of carbonyl (C=O) groups is 1. The standard InChI is InChI=1S/C34H33ClF6O5S2/c35-22-30-17-24-16-25(18-30)20-31(19-24,21-30)23-45-29(42)32(33(36,37)38,34(39,40)41)48(43,44)46-47(26-10-4-1-5-11-26,27-12-6-2-7-13-27)28-14-8-3-9-15-28/h1-15,24-25H,16-23H2. The lowest BCUT2D eigenvalue weighted by Crippen LogP contribution is -2.68. The molecule has 0 saturated heterocycles. The van der Waals surface area contributed by atoms with Gasteiger partial charge in [0.25, 0.3) is 0 Å². The maximum atomic E-state index is 15.1. The average molecular weight is 735 g/mol. The van der Waals surface area contributed by atoms with Crippen molar-refractivity contribution in [2.45, 2.75) is 70.3 Å². The van der Waals surface area contributed by atoms with E-state index in [-0.39, 0.29) is 37.8 Å². The molecule has 0 heterocycles. The summed E-state index contributed by atoms with van der Waals surface area (Å²) in [5, 5.41) is 0. The molecule has 48 heavy (non-hydrogen) atoms. The molecule has 0 N–H and O–H groups in total. The molecule has 0 spiro atoms. The van der Waals surface area contributed by atoms with E-state index in [0.29, 0.717) is 19.3 Å². The Morgan fingerprint density at radius 1 is 0.708 bits per heavy atom. The van der Waals surface area contributed by atoms with E-state index >= 15 is 26.3 Å². The molecule has 0 amide bonds. The molecular formula is C34H33ClF6O5S2. The fraction of sp³-hybridized carbons (Fsp3) is 0.441. The van der Waals surface area contributed by atoms with Gasteiger partial charge in [-0.1, -0.05) is 54.6 Å². The number of carbonyl (C=O) groups excluding carboxylic acids is 1. The highest BCUT2D eigenvalue weighted by Crippen LogP contribution is 2.71. The van der Waals surface area contributed by atoms with Crippen LogP contribution in [-0.4, -0.2) is 44.0 Å². The third-order valence-electron chi connectivity index (χ3n) is 9.97. The largest absolute Gasteiger partial charge is 0.463 e. The number of hydrogen-bond donors (Lipinski definition) is 0. The van der Waals surface area contributed by atoms with E-state index in [1.165, 1.54) is 72.8 Å². The number of esters is 1. The van der Waals surface area contributed by atoms with Crippen molar-refractivity contribution in [3.63, 3.8) is 0 Å². The highest BCUT2D eigenvalue weighted by Gasteiger charge is 2.86. The molecule has 4 aliphatic rings. The molecule has 4 saturated carbocycles. The predicted octanol–water partition coefficient (Wildman–Crippen LogP) is 9.46. The van der Waals surface area contributed by atoms with Gasteiger partial charge in [-0.05, 0) is 102 Å². The summed E-state index contributed by atoms with van der Waals surface area (Å²) >= 11 is 6.31. The topological polar surface area (TPSA) is 69.7 Å². The zero-order valence-corrected chi connectivity index (χ0v) is 27.9. The van der Waals surface area contributed by atoms with Gasteiger partial charge in [0.05, 0.1) is 6.61 Å². The van der Waals surface area contributed by atoms with E-state index in [2.05, 4.69) is 0 Å². The number of rotatable bonds is 10. The first kappa shape index (κ1) is 35.1. The molecule has 260 valence electrons. The molecule has 14 heteroatoms. The normalized spacial score (nSPS) is 26.3. The molecule has 0 aliphatic heterocycles. The number of alkyl halides is 7. The molecule has 3 aromatic rings. The highest BCUT2D eigenvalue weighted by molar-refractivity contribution is 8.33. The number of benzene rings is 3. The summed E-state index contributed by atoms with van der Waals surface area (Å²) in [6, 6.07) is 21.5. The molecule has 2 atom stereocenters. The lowest BCUT2D eigenvalue weighted by Gasteiger charge is -2.61. The van der Waals surface area contributed by atoms with Gasteiger partial charge in [-0.3, -0.25) is 0 Å². The van der Waals surface area contributed by atoms with Gasteiger partial charge in [0, 0.05) is 26.0 Å². The molecule has 0 radical (unpaired) electrons. The van der Waals surface area contributed by atoms with E-state index in [1.54, 1.807) is 18.2 Å². The van der Waals surface area contributed by atoms with Crippen LogP contribution < -0.4 is 0 Å². The Bertz CT molecular complexity index is 1610. The number of halogens is 7. The Labute approximate surface area is 281 Å². The van der Waals surface area contributed by atoms with E-state index in [4.69, 9.17) is 20.0 Å². The fourth-order valence-electron chi connectivity index (χ4n) is 8.62. The quantitative estimate of drug-likeness (QED) is 0.118. The first-order chi connectivity index (χ1) is 22.5. The van der Waals surface area contributed by atoms with Crippen LogP contribution in [0.1, 0.15) is 38.5 Å². The lowest BCUT2D eigenvalue weighted by molar-refractivity contribution is -0.270. The summed E-state index contributed by atoms with van der Waals surface area (Å²) in [5.41, 5.74) is -1.27. The van der Waals surface area contributed by atoms with Crippen molar-refractivity contribution in [1.82, 2.24) is 0 Å². The number of ether oxygens (including phenoxy) is 1. The Morgan fingerprint density at radius 3 is 1.48 bits per heavy atom. The minimum atomic E-state index is -7.00. The molecule has 7 rings (SSSR count). The van der Waals surface area contributed by atoms with Crippen LogP contribution in [0.4, 0.5) is 26.3 Å². The summed E-state index contributed by atoms with van der Waals surface area (Å²) < 4.78 is 123. The average Bonchev–Trinajstić information content (AvgIpc) is 3.02. The van der Waals surface area contributed by atoms with Gasteiger partial charge in [-0.25, -0.2) is 8.42 Å². The monoisotopic (exact) mass is 734 g/mol. The molecule has 5 nitrogen and oxygen atoms in total. The second kappa shape index (κ2) is 12.2. The van der Waals surface area contributed by atoms with Crippen LogP contribution in [0.15, 0.2) is 106 Å². The van der Waals surface area contributed by atoms with Crippen molar-refractivity contribution in [3.05, 3.63) is 91.0 Å². The lowest BCUT2D eigenvalue weighted by atomic mass is 9.45. The van der Waals surface area contributed by atoms with Gasteiger partial charge < -0.3 is 4.74 Å². The van der Waals surface area contributed by atoms with Crippen LogP contribution >= 0.6 is 21.9 Å². The predicted molar refractivity (Wildman–Crippen MR) is 168 cm³/mol. The Balaban J connectivity index is 1.48. The zero-order chi connectivity index (χ0) is 34.6. The summed E-state index contributed by atoms with van der Waals surface area (Å²) in [6.45, 7) is -0.797. The molecule has 0 aromatic heterocycles. The van der Waals surface area contributed by atoms with Crippen molar-refractivity contribution in [1.29, 1.82) is 0 Å². The van der Waals surface area contributed by atoms with Crippen molar-refractivity contribution >= 4 is 38.0 Å². The molecule has 4 bridgehead atoms. The van der Waals surface area contributed by atoms with Crippen molar-refractivity contribution < 1.29 is 47.9 Å². The van der Waals surface area contributed by atoms with Gasteiger partial charge >= 0.3 is 33.2 Å². The van der Waals surface area contributed by atoms with Crippen molar-refractivity contribution in [2.24, 2.45) is 22.7 Å². The van der Waals surface area contributed by atoms with Crippen LogP contribution in [0, 0.1) is 22.7 Å². The van der Waals surface area contributed by atoms with Gasteiger partial charge in [-0.15, -0.1) is 11.6 Å². The maximum Gasteiger partial charge on any atom is 0.430 e. The minimum absolute atomic E-state index is 0.0162. The fourth-order valence-corrected chi connectivity index (χ4v) is 14.6. The van der Waals surface area contributed by atoms with Crippen molar-refractivity contribution in [2.75, 3.05) is 12.5 Å². The van der Waals surface area contributed by atoms with Crippen LogP contribution in [0.25, 0.3) is 0 Å². The molecule has 4 fully saturated rings. The Kier molecular flexibility index (Phi) is 8.95. The third kappa shape index (κ3) is 5.62. The van der Waals surface area contributed by atoms with Crippen LogP contribution in [0.2, 0.25) is 0 Å². The highest BCUT2D eigenvalue weighted by atomic mass is 35.5. The Hall–Kier alpha value is -2.74. The van der Waals surface area contributed by atoms with Gasteiger partial charge in [0.2, 0.25) is 0 Å². The van der Waals surface area contributed by atoms with Crippen LogP contribution in [0.5, 0.6) is 0 Å². The zero-order valence-electron chi connectivity index (χ0n) is 25.5. The van der Waals surface area contributed by atoms with E-state index in [0.717, 1.165) is 19.3 Å². The second-order valence-electron chi connectivity index (χ2n) is 13.4. The summed E-state index contributed by atoms with van der Waals surface area (Å²) in [7, 11) is -10.9. The third-order valence-corrected chi connectivity index (χ3v) is 16.3. The SMILES string of the molecule is O=C(OCC12CC3CC(CC(CCl)(C3)C1)C2)C(C(F)(F)F)(C(F)(F)F)S(=O)(=O)OS(c1ccccc1)(c1ccccc1)c1ccccc1. The van der Waals surface area contributed by atoms with E-state index < -0.39 is 55.5 Å². The van der Waals surface area contributed by atoms with Gasteiger partial charge in [0.1, 0.15) is 0 Å². The number of hydrogen-bond acceptors (Lipinski definition) is 5. The molecular weight excluding hydrogens is 702 g/mol. The minimum Gasteiger partial charge on any atom is -0.463 e. The second-order valence-corrected chi connectivity index (χ2v) is 18.2. The first-order valence-electron chi connectivity index (χ1n) is 15.3. The first-order valence-corrected chi connectivity index (χ1v) is 18.8.